The average Bonchev–Trinajstić information content (AvgIpc) is 2.07. The molecule has 2 rings (SSSR count). The molecule has 2 unspecified atom stereocenters. The van der Waals surface area contributed by atoms with Gasteiger partial charge in [-0.3, -0.25) is 0 Å². The maximum absolute atomic E-state index is 2.63. The fraction of sp³-hybridized carbons (Fsp3) is 1.00. The largest absolute Gasteiger partial charge is 0.300 e. The van der Waals surface area contributed by atoms with Crippen LogP contribution in [0.2, 0.25) is 0 Å². The topological polar surface area (TPSA) is 3.24 Å². The standard InChI is InChI=1S/C8H15N/c1-2-9-6-5-7-3-4-8(7)9/h7-8H,2-6H2,1H3. The molecule has 1 aliphatic carbocycles. The second-order valence-electron chi connectivity index (χ2n) is 3.32. The molecule has 1 nitrogen and oxygen atoms in total. The van der Waals surface area contributed by atoms with E-state index in [4.69, 9.17) is 0 Å². The van der Waals surface area contributed by atoms with Crippen LogP contribution in [0.1, 0.15) is 26.2 Å². The van der Waals surface area contributed by atoms with Crippen molar-refractivity contribution in [2.75, 3.05) is 13.1 Å². The van der Waals surface area contributed by atoms with Crippen molar-refractivity contribution in [1.29, 1.82) is 0 Å². The van der Waals surface area contributed by atoms with Crippen molar-refractivity contribution in [2.45, 2.75) is 32.2 Å². The van der Waals surface area contributed by atoms with Gasteiger partial charge in [0.1, 0.15) is 0 Å². The number of fused-ring (bicyclic) bond motifs is 1. The maximum atomic E-state index is 2.63. The quantitative estimate of drug-likeness (QED) is 0.513. The third-order valence-electron chi connectivity index (χ3n) is 3.04. The zero-order chi connectivity index (χ0) is 6.27. The summed E-state index contributed by atoms with van der Waals surface area (Å²) in [6.07, 6.45) is 4.48. The van der Waals surface area contributed by atoms with Crippen molar-refractivity contribution in [3.63, 3.8) is 0 Å². The average molecular weight is 125 g/mol. The Hall–Kier alpha value is -0.0400. The first-order valence-electron chi connectivity index (χ1n) is 4.16. The van der Waals surface area contributed by atoms with Crippen molar-refractivity contribution in [3.8, 4) is 0 Å². The highest BCUT2D eigenvalue weighted by molar-refractivity contribution is 4.94. The van der Waals surface area contributed by atoms with Gasteiger partial charge in [0.2, 0.25) is 0 Å². The predicted molar refractivity (Wildman–Crippen MR) is 38.4 cm³/mol. The van der Waals surface area contributed by atoms with E-state index >= 15 is 0 Å². The molecule has 0 amide bonds. The van der Waals surface area contributed by atoms with Crippen LogP contribution in [0.25, 0.3) is 0 Å². The van der Waals surface area contributed by atoms with Gasteiger partial charge in [-0.25, -0.2) is 0 Å². The van der Waals surface area contributed by atoms with E-state index in [9.17, 15) is 0 Å². The lowest BCUT2D eigenvalue weighted by Gasteiger charge is -2.35. The Balaban J connectivity index is 1.97. The van der Waals surface area contributed by atoms with Gasteiger partial charge < -0.3 is 4.90 Å². The Morgan fingerprint density at radius 2 is 2.22 bits per heavy atom. The van der Waals surface area contributed by atoms with Gasteiger partial charge in [0, 0.05) is 6.04 Å². The summed E-state index contributed by atoms with van der Waals surface area (Å²) in [6.45, 7) is 4.94. The Bertz CT molecular complexity index is 109. The molecule has 1 saturated carbocycles. The monoisotopic (exact) mass is 125 g/mol. The van der Waals surface area contributed by atoms with Crippen molar-refractivity contribution in [3.05, 3.63) is 0 Å². The predicted octanol–water partition coefficient (Wildman–Crippen LogP) is 1.49. The van der Waals surface area contributed by atoms with Crippen LogP contribution in [0.3, 0.4) is 0 Å². The first-order valence-corrected chi connectivity index (χ1v) is 4.16. The van der Waals surface area contributed by atoms with E-state index in [2.05, 4.69) is 11.8 Å². The molecular formula is C8H15N. The van der Waals surface area contributed by atoms with Gasteiger partial charge in [-0.05, 0) is 38.3 Å². The van der Waals surface area contributed by atoms with E-state index in [1.54, 1.807) is 0 Å². The van der Waals surface area contributed by atoms with Crippen LogP contribution >= 0.6 is 0 Å². The highest BCUT2D eigenvalue weighted by atomic mass is 15.2. The number of hydrogen-bond acceptors (Lipinski definition) is 1. The Morgan fingerprint density at radius 3 is 2.56 bits per heavy atom. The van der Waals surface area contributed by atoms with Crippen LogP contribution in [0, 0.1) is 5.92 Å². The summed E-state index contributed by atoms with van der Waals surface area (Å²) in [5.41, 5.74) is 0. The molecular weight excluding hydrogens is 110 g/mol. The van der Waals surface area contributed by atoms with E-state index in [1.165, 1.54) is 32.4 Å². The lowest BCUT2D eigenvalue weighted by molar-refractivity contribution is 0.149. The first kappa shape index (κ1) is 5.72. The van der Waals surface area contributed by atoms with E-state index in [1.807, 2.05) is 0 Å². The van der Waals surface area contributed by atoms with Crippen LogP contribution < -0.4 is 0 Å². The zero-order valence-corrected chi connectivity index (χ0v) is 6.14. The SMILES string of the molecule is CCN1CCC2CCC21. The van der Waals surface area contributed by atoms with E-state index in [0.29, 0.717) is 0 Å². The zero-order valence-electron chi connectivity index (χ0n) is 6.14. The summed E-state index contributed by atoms with van der Waals surface area (Å²) in [5.74, 6) is 1.10. The van der Waals surface area contributed by atoms with Crippen LogP contribution in [0.15, 0.2) is 0 Å². The van der Waals surface area contributed by atoms with Crippen LogP contribution in [0.5, 0.6) is 0 Å². The van der Waals surface area contributed by atoms with Crippen molar-refractivity contribution in [1.82, 2.24) is 4.90 Å². The summed E-state index contributed by atoms with van der Waals surface area (Å²) >= 11 is 0. The molecule has 2 atom stereocenters. The number of likely N-dealkylation sites (tertiary alicyclic amines) is 1. The molecule has 1 aliphatic heterocycles. The number of nitrogens with zero attached hydrogens (tertiary/aromatic N) is 1. The van der Waals surface area contributed by atoms with E-state index in [0.717, 1.165) is 12.0 Å². The Kier molecular flexibility index (Phi) is 1.26. The molecule has 0 bridgehead atoms. The van der Waals surface area contributed by atoms with Crippen LogP contribution in [-0.4, -0.2) is 24.0 Å². The smallest absolute Gasteiger partial charge is 0.0124 e. The highest BCUT2D eigenvalue weighted by Crippen LogP contribution is 2.39. The van der Waals surface area contributed by atoms with E-state index < -0.39 is 0 Å². The molecule has 52 valence electrons. The molecule has 0 spiro atoms. The molecule has 1 heterocycles. The third kappa shape index (κ3) is 0.710. The van der Waals surface area contributed by atoms with Gasteiger partial charge in [-0.15, -0.1) is 0 Å². The maximum Gasteiger partial charge on any atom is 0.0124 e. The summed E-state index contributed by atoms with van der Waals surface area (Å²) in [4.78, 5) is 2.63. The van der Waals surface area contributed by atoms with Crippen molar-refractivity contribution < 1.29 is 0 Å². The Morgan fingerprint density at radius 1 is 1.33 bits per heavy atom. The Labute approximate surface area is 57.0 Å². The summed E-state index contributed by atoms with van der Waals surface area (Å²) in [5, 5.41) is 0. The van der Waals surface area contributed by atoms with Gasteiger partial charge in [0.05, 0.1) is 0 Å². The third-order valence-corrected chi connectivity index (χ3v) is 3.04. The van der Waals surface area contributed by atoms with Crippen LogP contribution in [0.4, 0.5) is 0 Å². The lowest BCUT2D eigenvalue weighted by atomic mass is 9.80. The number of hydrogen-bond donors (Lipinski definition) is 0. The molecule has 0 radical (unpaired) electrons. The minimum absolute atomic E-state index is 1.01. The molecule has 1 saturated heterocycles. The highest BCUT2D eigenvalue weighted by Gasteiger charge is 2.39. The van der Waals surface area contributed by atoms with Crippen molar-refractivity contribution >= 4 is 0 Å². The van der Waals surface area contributed by atoms with Gasteiger partial charge in [0.15, 0.2) is 0 Å². The fourth-order valence-corrected chi connectivity index (χ4v) is 2.26. The van der Waals surface area contributed by atoms with Crippen molar-refractivity contribution in [2.24, 2.45) is 5.92 Å². The summed E-state index contributed by atoms with van der Waals surface area (Å²) in [7, 11) is 0. The van der Waals surface area contributed by atoms with Gasteiger partial charge >= 0.3 is 0 Å². The molecule has 2 aliphatic rings. The van der Waals surface area contributed by atoms with Gasteiger partial charge in [0.25, 0.3) is 0 Å². The van der Waals surface area contributed by atoms with Crippen LogP contribution in [-0.2, 0) is 0 Å². The molecule has 9 heavy (non-hydrogen) atoms. The molecule has 0 aromatic carbocycles. The summed E-state index contributed by atoms with van der Waals surface area (Å²) < 4.78 is 0. The first-order chi connectivity index (χ1) is 4.42. The van der Waals surface area contributed by atoms with E-state index in [-0.39, 0.29) is 0 Å². The minimum Gasteiger partial charge on any atom is -0.300 e. The lowest BCUT2D eigenvalue weighted by Crippen LogP contribution is -2.38. The molecule has 1 heteroatoms. The number of rotatable bonds is 1. The molecule has 0 N–H and O–H groups in total. The second-order valence-corrected chi connectivity index (χ2v) is 3.32. The molecule has 0 aromatic heterocycles. The normalized spacial score (nSPS) is 42.3. The van der Waals surface area contributed by atoms with Gasteiger partial charge in [-0.1, -0.05) is 6.92 Å². The minimum atomic E-state index is 1.01. The molecule has 0 aromatic rings. The fourth-order valence-electron chi connectivity index (χ4n) is 2.26. The second kappa shape index (κ2) is 1.98. The van der Waals surface area contributed by atoms with Gasteiger partial charge in [-0.2, -0.15) is 0 Å². The summed E-state index contributed by atoms with van der Waals surface area (Å²) in [6, 6.07) is 1.01. The molecule has 2 fully saturated rings.